The molecule has 3 atom stereocenters. The van der Waals surface area contributed by atoms with E-state index >= 15 is 0 Å². The summed E-state index contributed by atoms with van der Waals surface area (Å²) in [6.45, 7) is 1.90. The SMILES string of the molecule is O=[S@@]1CCCc2nc(N3CC4CC(c5ncc(Cl)cn5)CC4C3)nc(NC3(CO)CCC3)c21. The number of nitrogens with one attached hydrogen (secondary N) is 1. The molecule has 2 aromatic rings. The van der Waals surface area contributed by atoms with Gasteiger partial charge in [0.15, 0.2) is 0 Å². The Morgan fingerprint density at radius 3 is 2.52 bits per heavy atom. The molecule has 3 fully saturated rings. The molecule has 6 rings (SSSR count). The van der Waals surface area contributed by atoms with Crippen molar-refractivity contribution in [3.05, 3.63) is 28.9 Å². The lowest BCUT2D eigenvalue weighted by Crippen LogP contribution is -2.49. The summed E-state index contributed by atoms with van der Waals surface area (Å²) in [5.41, 5.74) is 0.568. The molecule has 2 aliphatic carbocycles. The van der Waals surface area contributed by atoms with Gasteiger partial charge in [-0.3, -0.25) is 4.21 Å². The zero-order chi connectivity index (χ0) is 22.6. The average Bonchev–Trinajstić information content (AvgIpc) is 3.36. The smallest absolute Gasteiger partial charge is 0.227 e. The quantitative estimate of drug-likeness (QED) is 0.662. The van der Waals surface area contributed by atoms with E-state index in [4.69, 9.17) is 21.6 Å². The van der Waals surface area contributed by atoms with E-state index in [1.165, 1.54) is 0 Å². The molecule has 0 radical (unpaired) electrons. The van der Waals surface area contributed by atoms with Crippen LogP contribution in [-0.2, 0) is 17.2 Å². The van der Waals surface area contributed by atoms with E-state index in [1.807, 2.05) is 0 Å². The number of aliphatic hydroxyl groups is 1. The van der Waals surface area contributed by atoms with Crippen LogP contribution < -0.4 is 10.2 Å². The number of nitrogens with zero attached hydrogens (tertiary/aromatic N) is 5. The lowest BCUT2D eigenvalue weighted by Gasteiger charge is -2.42. The van der Waals surface area contributed by atoms with Gasteiger partial charge in [-0.05, 0) is 56.8 Å². The Morgan fingerprint density at radius 1 is 1.15 bits per heavy atom. The van der Waals surface area contributed by atoms with Gasteiger partial charge in [0.2, 0.25) is 5.95 Å². The molecule has 0 spiro atoms. The number of aliphatic hydroxyl groups excluding tert-OH is 1. The van der Waals surface area contributed by atoms with Crippen LogP contribution in [0.25, 0.3) is 0 Å². The normalized spacial score (nSPS) is 29.9. The van der Waals surface area contributed by atoms with E-state index < -0.39 is 10.8 Å². The highest BCUT2D eigenvalue weighted by atomic mass is 35.5. The summed E-state index contributed by atoms with van der Waals surface area (Å²) in [6.07, 6.45) is 10.1. The summed E-state index contributed by atoms with van der Waals surface area (Å²) in [4.78, 5) is 21.8. The predicted molar refractivity (Wildman–Crippen MR) is 127 cm³/mol. The summed E-state index contributed by atoms with van der Waals surface area (Å²) < 4.78 is 12.9. The Hall–Kier alpha value is -1.84. The van der Waals surface area contributed by atoms with Gasteiger partial charge in [-0.15, -0.1) is 0 Å². The topological polar surface area (TPSA) is 104 Å². The summed E-state index contributed by atoms with van der Waals surface area (Å²) in [5.74, 6) is 4.46. The van der Waals surface area contributed by atoms with Gasteiger partial charge in [-0.2, -0.15) is 4.98 Å². The molecular weight excluding hydrogens is 460 g/mol. The number of hydrogen-bond donors (Lipinski definition) is 2. The van der Waals surface area contributed by atoms with Crippen LogP contribution in [0.3, 0.4) is 0 Å². The minimum atomic E-state index is -1.09. The van der Waals surface area contributed by atoms with Crippen LogP contribution in [-0.4, -0.2) is 60.2 Å². The van der Waals surface area contributed by atoms with E-state index in [0.717, 1.165) is 80.4 Å². The molecule has 2 aromatic heterocycles. The third-order valence-electron chi connectivity index (χ3n) is 7.93. The van der Waals surface area contributed by atoms with Gasteiger partial charge < -0.3 is 15.3 Å². The second kappa shape index (κ2) is 8.43. The maximum absolute atomic E-state index is 12.9. The number of fused-ring (bicyclic) bond motifs is 2. The number of halogens is 1. The second-order valence-electron chi connectivity index (χ2n) is 10.1. The third-order valence-corrected chi connectivity index (χ3v) is 9.67. The van der Waals surface area contributed by atoms with Crippen molar-refractivity contribution in [1.29, 1.82) is 0 Å². The molecule has 8 nitrogen and oxygen atoms in total. The fourth-order valence-corrected chi connectivity index (χ4v) is 7.41. The Labute approximate surface area is 201 Å². The molecule has 176 valence electrons. The highest BCUT2D eigenvalue weighted by Crippen LogP contribution is 2.46. The summed E-state index contributed by atoms with van der Waals surface area (Å²) in [5, 5.41) is 14.1. The first kappa shape index (κ1) is 21.7. The van der Waals surface area contributed by atoms with E-state index in [9.17, 15) is 9.32 Å². The second-order valence-corrected chi connectivity index (χ2v) is 12.0. The number of aryl methyl sites for hydroxylation is 1. The van der Waals surface area contributed by atoms with Crippen molar-refractivity contribution in [2.75, 3.05) is 35.7 Å². The van der Waals surface area contributed by atoms with Crippen LogP contribution in [0, 0.1) is 11.8 Å². The van der Waals surface area contributed by atoms with Crippen molar-refractivity contribution in [1.82, 2.24) is 19.9 Å². The van der Waals surface area contributed by atoms with Crippen LogP contribution in [0.15, 0.2) is 17.3 Å². The zero-order valence-electron chi connectivity index (χ0n) is 18.5. The van der Waals surface area contributed by atoms with Crippen LogP contribution in [0.4, 0.5) is 11.8 Å². The maximum Gasteiger partial charge on any atom is 0.227 e. The predicted octanol–water partition coefficient (Wildman–Crippen LogP) is 2.93. The molecule has 2 saturated carbocycles. The molecular formula is C23H29ClN6O2S. The molecule has 0 amide bonds. The fraction of sp³-hybridized carbons (Fsp3) is 0.652. The lowest BCUT2D eigenvalue weighted by atomic mass is 9.77. The lowest BCUT2D eigenvalue weighted by molar-refractivity contribution is 0.143. The van der Waals surface area contributed by atoms with Crippen molar-refractivity contribution in [3.63, 3.8) is 0 Å². The number of aromatic nitrogens is 4. The Balaban J connectivity index is 1.24. The zero-order valence-corrected chi connectivity index (χ0v) is 20.1. The van der Waals surface area contributed by atoms with Crippen molar-refractivity contribution < 1.29 is 9.32 Å². The molecule has 4 aliphatic rings. The van der Waals surface area contributed by atoms with E-state index in [2.05, 4.69) is 20.2 Å². The Morgan fingerprint density at radius 2 is 1.88 bits per heavy atom. The van der Waals surface area contributed by atoms with Gasteiger partial charge in [0.1, 0.15) is 16.5 Å². The van der Waals surface area contributed by atoms with Gasteiger partial charge in [0, 0.05) is 37.2 Å². The standard InChI is InChI=1S/C23H29ClN6O2S/c24-17-9-25-20(26-10-17)14-7-15-11-30(12-16(15)8-14)22-27-18-3-1-6-33(32)19(18)21(28-22)29-23(13-31)4-2-5-23/h9-10,14-16,31H,1-8,11-13H2,(H,27,28,29)/t14?,15?,16?,33-/m1/s1. The maximum atomic E-state index is 12.9. The molecule has 2 N–H and O–H groups in total. The summed E-state index contributed by atoms with van der Waals surface area (Å²) >= 11 is 5.95. The average molecular weight is 489 g/mol. The van der Waals surface area contributed by atoms with Crippen LogP contribution in [0.5, 0.6) is 0 Å². The van der Waals surface area contributed by atoms with Crippen molar-refractivity contribution in [2.45, 2.75) is 61.3 Å². The number of hydrogen-bond acceptors (Lipinski definition) is 8. The van der Waals surface area contributed by atoms with Crippen LogP contribution >= 0.6 is 11.6 Å². The summed E-state index contributed by atoms with van der Waals surface area (Å²) in [6, 6.07) is 0. The van der Waals surface area contributed by atoms with Crippen LogP contribution in [0.2, 0.25) is 5.02 Å². The molecule has 33 heavy (non-hydrogen) atoms. The minimum absolute atomic E-state index is 0.0652. The molecule has 4 heterocycles. The fourth-order valence-electron chi connectivity index (χ4n) is 5.98. The van der Waals surface area contributed by atoms with Gasteiger partial charge in [0.25, 0.3) is 0 Å². The van der Waals surface area contributed by atoms with Crippen molar-refractivity contribution in [3.8, 4) is 0 Å². The molecule has 2 aliphatic heterocycles. The molecule has 0 bridgehead atoms. The molecule has 0 aromatic carbocycles. The third kappa shape index (κ3) is 3.91. The first-order valence-corrected chi connectivity index (χ1v) is 13.6. The minimum Gasteiger partial charge on any atom is -0.394 e. The highest BCUT2D eigenvalue weighted by molar-refractivity contribution is 7.85. The highest BCUT2D eigenvalue weighted by Gasteiger charge is 2.44. The number of rotatable bonds is 5. The van der Waals surface area contributed by atoms with E-state index in [-0.39, 0.29) is 12.1 Å². The first-order chi connectivity index (χ1) is 16.0. The summed E-state index contributed by atoms with van der Waals surface area (Å²) in [7, 11) is -1.09. The first-order valence-electron chi connectivity index (χ1n) is 11.9. The largest absolute Gasteiger partial charge is 0.394 e. The van der Waals surface area contributed by atoms with Gasteiger partial charge in [0.05, 0.1) is 33.7 Å². The van der Waals surface area contributed by atoms with Crippen molar-refractivity contribution >= 4 is 34.2 Å². The monoisotopic (exact) mass is 488 g/mol. The Bertz CT molecular complexity index is 1060. The van der Waals surface area contributed by atoms with Crippen molar-refractivity contribution in [2.24, 2.45) is 11.8 Å². The molecule has 1 saturated heterocycles. The van der Waals surface area contributed by atoms with Gasteiger partial charge >= 0.3 is 0 Å². The van der Waals surface area contributed by atoms with E-state index in [1.54, 1.807) is 12.4 Å². The van der Waals surface area contributed by atoms with Crippen LogP contribution in [0.1, 0.15) is 56.0 Å². The Kier molecular flexibility index (Phi) is 5.54. The molecule has 10 heteroatoms. The number of anilines is 2. The van der Waals surface area contributed by atoms with Gasteiger partial charge in [-0.25, -0.2) is 15.0 Å². The molecule has 2 unspecified atom stereocenters. The van der Waals surface area contributed by atoms with Gasteiger partial charge in [-0.1, -0.05) is 11.6 Å². The van der Waals surface area contributed by atoms with E-state index in [0.29, 0.717) is 34.3 Å².